The molecule has 0 aromatic heterocycles. The number of piperidine rings is 1. The molecule has 2 fully saturated rings. The Morgan fingerprint density at radius 2 is 2.20 bits per heavy atom. The van der Waals surface area contributed by atoms with Gasteiger partial charge in [0.15, 0.2) is 0 Å². The predicted molar refractivity (Wildman–Crippen MR) is 77.9 cm³/mol. The summed E-state index contributed by atoms with van der Waals surface area (Å²) in [6.07, 6.45) is 5.55. The SMILES string of the molecule is CCCOC1CCCN(CC(NC)(C(=O)O)C2CC2)C1. The number of likely N-dealkylation sites (N-methyl/N-ethyl adjacent to an activating group) is 1. The normalized spacial score (nSPS) is 27.2. The van der Waals surface area contributed by atoms with E-state index in [0.717, 1.165) is 51.8 Å². The van der Waals surface area contributed by atoms with E-state index >= 15 is 0 Å². The van der Waals surface area contributed by atoms with Gasteiger partial charge in [0.25, 0.3) is 0 Å². The van der Waals surface area contributed by atoms with E-state index in [4.69, 9.17) is 4.74 Å². The highest BCUT2D eigenvalue weighted by atomic mass is 16.5. The van der Waals surface area contributed by atoms with Crippen molar-refractivity contribution in [3.05, 3.63) is 0 Å². The smallest absolute Gasteiger partial charge is 0.325 e. The van der Waals surface area contributed by atoms with Crippen LogP contribution < -0.4 is 5.32 Å². The molecular formula is C15H28N2O3. The molecule has 2 rings (SSSR count). The van der Waals surface area contributed by atoms with Crippen LogP contribution in [0.2, 0.25) is 0 Å². The Kier molecular flexibility index (Phi) is 5.41. The van der Waals surface area contributed by atoms with Crippen molar-refractivity contribution in [3.8, 4) is 0 Å². The molecular weight excluding hydrogens is 256 g/mol. The summed E-state index contributed by atoms with van der Waals surface area (Å²) in [6.45, 7) is 5.36. The number of hydrogen-bond donors (Lipinski definition) is 2. The molecule has 0 spiro atoms. The zero-order valence-electron chi connectivity index (χ0n) is 12.7. The molecule has 5 heteroatoms. The van der Waals surface area contributed by atoms with Gasteiger partial charge < -0.3 is 15.2 Å². The number of ether oxygens (including phenoxy) is 1. The predicted octanol–water partition coefficient (Wildman–Crippen LogP) is 1.33. The number of rotatable bonds is 8. The number of carboxylic acids is 1. The topological polar surface area (TPSA) is 61.8 Å². The van der Waals surface area contributed by atoms with Crippen LogP contribution in [0.15, 0.2) is 0 Å². The van der Waals surface area contributed by atoms with Crippen LogP contribution in [-0.4, -0.2) is 60.9 Å². The van der Waals surface area contributed by atoms with Crippen molar-refractivity contribution in [2.24, 2.45) is 5.92 Å². The van der Waals surface area contributed by atoms with Crippen LogP contribution in [0, 0.1) is 5.92 Å². The van der Waals surface area contributed by atoms with Gasteiger partial charge in [-0.3, -0.25) is 9.69 Å². The first-order chi connectivity index (χ1) is 9.62. The van der Waals surface area contributed by atoms with E-state index in [0.29, 0.717) is 6.54 Å². The lowest BCUT2D eigenvalue weighted by atomic mass is 9.91. The Hall–Kier alpha value is -0.650. The quantitative estimate of drug-likeness (QED) is 0.704. The van der Waals surface area contributed by atoms with Crippen LogP contribution in [0.5, 0.6) is 0 Å². The number of hydrogen-bond acceptors (Lipinski definition) is 4. The second kappa shape index (κ2) is 6.87. The summed E-state index contributed by atoms with van der Waals surface area (Å²) in [5.41, 5.74) is -0.771. The highest BCUT2D eigenvalue weighted by Crippen LogP contribution is 2.40. The third-order valence-corrected chi connectivity index (χ3v) is 4.59. The molecule has 2 N–H and O–H groups in total. The molecule has 2 aliphatic rings. The Morgan fingerprint density at radius 3 is 2.75 bits per heavy atom. The maximum Gasteiger partial charge on any atom is 0.325 e. The molecule has 1 saturated carbocycles. The van der Waals surface area contributed by atoms with Gasteiger partial charge in [0.2, 0.25) is 0 Å². The van der Waals surface area contributed by atoms with Gasteiger partial charge in [-0.05, 0) is 51.6 Å². The lowest BCUT2D eigenvalue weighted by Crippen LogP contribution is -2.61. The van der Waals surface area contributed by atoms with Crippen molar-refractivity contribution in [3.63, 3.8) is 0 Å². The Balaban J connectivity index is 1.94. The number of likely N-dealkylation sites (tertiary alicyclic amines) is 1. The second-order valence-corrected chi connectivity index (χ2v) is 6.17. The van der Waals surface area contributed by atoms with E-state index in [9.17, 15) is 9.90 Å². The fourth-order valence-electron chi connectivity index (χ4n) is 3.27. The first-order valence-corrected chi connectivity index (χ1v) is 7.88. The lowest BCUT2D eigenvalue weighted by Gasteiger charge is -2.39. The van der Waals surface area contributed by atoms with Gasteiger partial charge in [-0.25, -0.2) is 0 Å². The number of aliphatic carboxylic acids is 1. The highest BCUT2D eigenvalue weighted by molar-refractivity contribution is 5.80. The molecule has 20 heavy (non-hydrogen) atoms. The summed E-state index contributed by atoms with van der Waals surface area (Å²) in [4.78, 5) is 14.0. The molecule has 1 aliphatic carbocycles. The molecule has 0 amide bonds. The van der Waals surface area contributed by atoms with Crippen molar-refractivity contribution in [2.75, 3.05) is 33.3 Å². The highest BCUT2D eigenvalue weighted by Gasteiger charge is 2.51. The fraction of sp³-hybridized carbons (Fsp3) is 0.933. The standard InChI is InChI=1S/C15H28N2O3/c1-3-9-20-13-5-4-8-17(10-13)11-15(16-2,14(18)19)12-6-7-12/h12-13,16H,3-11H2,1-2H3,(H,18,19). The van der Waals surface area contributed by atoms with E-state index in [-0.39, 0.29) is 12.0 Å². The maximum atomic E-state index is 11.7. The van der Waals surface area contributed by atoms with E-state index in [2.05, 4.69) is 17.1 Å². The third kappa shape index (κ3) is 3.51. The van der Waals surface area contributed by atoms with Gasteiger partial charge in [-0.1, -0.05) is 6.92 Å². The van der Waals surface area contributed by atoms with E-state index in [1.54, 1.807) is 7.05 Å². The number of carbonyl (C=O) groups is 1. The first kappa shape index (κ1) is 15.7. The molecule has 1 heterocycles. The summed E-state index contributed by atoms with van der Waals surface area (Å²) in [7, 11) is 1.78. The van der Waals surface area contributed by atoms with Gasteiger partial charge in [-0.2, -0.15) is 0 Å². The summed E-state index contributed by atoms with van der Waals surface area (Å²) in [6, 6.07) is 0. The molecule has 0 aromatic rings. The summed E-state index contributed by atoms with van der Waals surface area (Å²) < 4.78 is 5.84. The van der Waals surface area contributed by atoms with Crippen LogP contribution in [0.4, 0.5) is 0 Å². The molecule has 0 aromatic carbocycles. The molecule has 2 atom stereocenters. The van der Waals surface area contributed by atoms with E-state index in [1.165, 1.54) is 0 Å². The largest absolute Gasteiger partial charge is 0.480 e. The first-order valence-electron chi connectivity index (χ1n) is 7.88. The van der Waals surface area contributed by atoms with E-state index < -0.39 is 11.5 Å². The Labute approximate surface area is 121 Å². The minimum atomic E-state index is -0.771. The zero-order chi connectivity index (χ0) is 14.6. The molecule has 2 unspecified atom stereocenters. The summed E-state index contributed by atoms with van der Waals surface area (Å²) in [5, 5.41) is 12.8. The number of nitrogens with one attached hydrogen (secondary N) is 1. The van der Waals surface area contributed by atoms with Crippen LogP contribution in [0.25, 0.3) is 0 Å². The average Bonchev–Trinajstić information content (AvgIpc) is 3.27. The fourth-order valence-corrected chi connectivity index (χ4v) is 3.27. The Bertz CT molecular complexity index is 333. The third-order valence-electron chi connectivity index (χ3n) is 4.59. The minimum Gasteiger partial charge on any atom is -0.480 e. The maximum absolute atomic E-state index is 11.7. The number of nitrogens with zero attached hydrogens (tertiary/aromatic N) is 1. The summed E-state index contributed by atoms with van der Waals surface area (Å²) >= 11 is 0. The lowest BCUT2D eigenvalue weighted by molar-refractivity contribution is -0.147. The minimum absolute atomic E-state index is 0.270. The zero-order valence-corrected chi connectivity index (χ0v) is 12.7. The van der Waals surface area contributed by atoms with Gasteiger partial charge in [0, 0.05) is 19.7 Å². The van der Waals surface area contributed by atoms with Crippen LogP contribution in [0.3, 0.4) is 0 Å². The molecule has 5 nitrogen and oxygen atoms in total. The molecule has 1 aliphatic heterocycles. The Morgan fingerprint density at radius 1 is 1.45 bits per heavy atom. The van der Waals surface area contributed by atoms with Crippen LogP contribution in [0.1, 0.15) is 39.0 Å². The van der Waals surface area contributed by atoms with Crippen molar-refractivity contribution in [1.82, 2.24) is 10.2 Å². The molecule has 0 radical (unpaired) electrons. The molecule has 0 bridgehead atoms. The van der Waals surface area contributed by atoms with Gasteiger partial charge in [0.05, 0.1) is 6.10 Å². The van der Waals surface area contributed by atoms with Gasteiger partial charge in [0.1, 0.15) is 5.54 Å². The van der Waals surface area contributed by atoms with Crippen molar-refractivity contribution < 1.29 is 14.6 Å². The van der Waals surface area contributed by atoms with Gasteiger partial charge >= 0.3 is 5.97 Å². The number of carboxylic acid groups (broad SMARTS) is 1. The van der Waals surface area contributed by atoms with Crippen molar-refractivity contribution in [2.45, 2.75) is 50.7 Å². The van der Waals surface area contributed by atoms with Crippen molar-refractivity contribution >= 4 is 5.97 Å². The second-order valence-electron chi connectivity index (χ2n) is 6.17. The monoisotopic (exact) mass is 284 g/mol. The molecule has 116 valence electrons. The molecule has 1 saturated heterocycles. The average molecular weight is 284 g/mol. The summed E-state index contributed by atoms with van der Waals surface area (Å²) in [5.74, 6) is -0.430. The van der Waals surface area contributed by atoms with Crippen molar-refractivity contribution in [1.29, 1.82) is 0 Å². The van der Waals surface area contributed by atoms with Crippen LogP contribution in [-0.2, 0) is 9.53 Å². The van der Waals surface area contributed by atoms with Crippen LogP contribution >= 0.6 is 0 Å². The van der Waals surface area contributed by atoms with Gasteiger partial charge in [-0.15, -0.1) is 0 Å². The van der Waals surface area contributed by atoms with E-state index in [1.807, 2.05) is 0 Å².